The molecule has 0 amide bonds. The van der Waals surface area contributed by atoms with Crippen LogP contribution in [0.5, 0.6) is 0 Å². The molecule has 0 radical (unpaired) electrons. The lowest BCUT2D eigenvalue weighted by Crippen LogP contribution is -2.01. The van der Waals surface area contributed by atoms with E-state index < -0.39 is 5.97 Å². The summed E-state index contributed by atoms with van der Waals surface area (Å²) < 4.78 is 0.950. The van der Waals surface area contributed by atoms with Gasteiger partial charge in [0.2, 0.25) is 0 Å². The second-order valence-corrected chi connectivity index (χ2v) is 4.65. The van der Waals surface area contributed by atoms with Gasteiger partial charge in [-0.1, -0.05) is 52.3 Å². The molecule has 0 aliphatic carbocycles. The Morgan fingerprint density at radius 2 is 1.82 bits per heavy atom. The number of hydrogen-bond acceptors (Lipinski definition) is 1. The molecule has 0 atom stereocenters. The van der Waals surface area contributed by atoms with Gasteiger partial charge in [0, 0.05) is 4.47 Å². The standard InChI is InChI=1S/C14H11BrO2/c15-12-7-6-11(8-14(16)17)13(9-12)10-4-2-1-3-5-10/h1-7,9H,8H2,(H,16,17). The Hall–Kier alpha value is -1.61. The molecule has 0 heterocycles. The maximum Gasteiger partial charge on any atom is 0.307 e. The van der Waals surface area contributed by atoms with Crippen molar-refractivity contribution >= 4 is 21.9 Å². The van der Waals surface area contributed by atoms with Crippen molar-refractivity contribution in [2.45, 2.75) is 6.42 Å². The fourth-order valence-electron chi connectivity index (χ4n) is 1.75. The maximum absolute atomic E-state index is 10.8. The summed E-state index contributed by atoms with van der Waals surface area (Å²) in [5, 5.41) is 8.90. The van der Waals surface area contributed by atoms with E-state index in [9.17, 15) is 4.79 Å². The number of halogens is 1. The van der Waals surface area contributed by atoms with Gasteiger partial charge in [-0.05, 0) is 28.8 Å². The van der Waals surface area contributed by atoms with Crippen molar-refractivity contribution in [3.8, 4) is 11.1 Å². The predicted molar refractivity (Wildman–Crippen MR) is 70.9 cm³/mol. The molecule has 0 aliphatic heterocycles. The first-order valence-corrected chi connectivity index (χ1v) is 6.02. The molecular weight excluding hydrogens is 280 g/mol. The van der Waals surface area contributed by atoms with E-state index in [-0.39, 0.29) is 6.42 Å². The van der Waals surface area contributed by atoms with E-state index in [1.807, 2.05) is 48.5 Å². The Bertz CT molecular complexity index is 535. The van der Waals surface area contributed by atoms with E-state index >= 15 is 0 Å². The van der Waals surface area contributed by atoms with Crippen LogP contribution in [-0.4, -0.2) is 11.1 Å². The topological polar surface area (TPSA) is 37.3 Å². The third-order valence-corrected chi connectivity index (χ3v) is 2.99. The molecule has 0 fully saturated rings. The van der Waals surface area contributed by atoms with E-state index in [0.717, 1.165) is 21.2 Å². The molecule has 0 saturated heterocycles. The number of carbonyl (C=O) groups is 1. The van der Waals surface area contributed by atoms with E-state index in [1.165, 1.54) is 0 Å². The van der Waals surface area contributed by atoms with Crippen LogP contribution < -0.4 is 0 Å². The van der Waals surface area contributed by atoms with E-state index in [4.69, 9.17) is 5.11 Å². The Morgan fingerprint density at radius 1 is 1.12 bits per heavy atom. The average Bonchev–Trinajstić information content (AvgIpc) is 2.32. The third-order valence-electron chi connectivity index (χ3n) is 2.50. The SMILES string of the molecule is O=C(O)Cc1ccc(Br)cc1-c1ccccc1. The van der Waals surface area contributed by atoms with Crippen LogP contribution in [0.3, 0.4) is 0 Å². The zero-order valence-corrected chi connectivity index (χ0v) is 10.6. The molecule has 0 saturated carbocycles. The molecule has 86 valence electrons. The van der Waals surface area contributed by atoms with Gasteiger partial charge >= 0.3 is 5.97 Å². The van der Waals surface area contributed by atoms with Gasteiger partial charge < -0.3 is 5.11 Å². The van der Waals surface area contributed by atoms with Crippen LogP contribution in [0.1, 0.15) is 5.56 Å². The predicted octanol–water partition coefficient (Wildman–Crippen LogP) is 3.74. The zero-order valence-electron chi connectivity index (χ0n) is 9.06. The summed E-state index contributed by atoms with van der Waals surface area (Å²) in [6, 6.07) is 15.5. The van der Waals surface area contributed by atoms with Crippen molar-refractivity contribution in [2.24, 2.45) is 0 Å². The number of benzene rings is 2. The molecule has 1 N–H and O–H groups in total. The maximum atomic E-state index is 10.8. The average molecular weight is 291 g/mol. The normalized spacial score (nSPS) is 10.2. The van der Waals surface area contributed by atoms with Gasteiger partial charge in [-0.25, -0.2) is 0 Å². The number of rotatable bonds is 3. The zero-order chi connectivity index (χ0) is 12.3. The van der Waals surface area contributed by atoms with Crippen LogP contribution in [-0.2, 0) is 11.2 Å². The minimum absolute atomic E-state index is 0.0392. The van der Waals surface area contributed by atoms with Crippen LogP contribution in [0, 0.1) is 0 Å². The van der Waals surface area contributed by atoms with Gasteiger partial charge in [0.15, 0.2) is 0 Å². The van der Waals surface area contributed by atoms with Crippen molar-refractivity contribution in [1.82, 2.24) is 0 Å². The highest BCUT2D eigenvalue weighted by Crippen LogP contribution is 2.27. The van der Waals surface area contributed by atoms with Gasteiger partial charge in [-0.15, -0.1) is 0 Å². The number of aliphatic carboxylic acids is 1. The van der Waals surface area contributed by atoms with Crippen molar-refractivity contribution in [2.75, 3.05) is 0 Å². The first-order chi connectivity index (χ1) is 8.16. The number of carboxylic acids is 1. The van der Waals surface area contributed by atoms with E-state index in [1.54, 1.807) is 0 Å². The molecular formula is C14H11BrO2. The van der Waals surface area contributed by atoms with Gasteiger partial charge in [-0.3, -0.25) is 4.79 Å². The van der Waals surface area contributed by atoms with Crippen molar-refractivity contribution in [3.05, 3.63) is 58.6 Å². The molecule has 0 aliphatic rings. The molecule has 0 spiro atoms. The fourth-order valence-corrected chi connectivity index (χ4v) is 2.11. The Labute approximate surface area is 108 Å². The van der Waals surface area contributed by atoms with Crippen molar-refractivity contribution in [1.29, 1.82) is 0 Å². The molecule has 2 aromatic rings. The fraction of sp³-hybridized carbons (Fsp3) is 0.0714. The second kappa shape index (κ2) is 5.15. The van der Waals surface area contributed by atoms with Gasteiger partial charge in [0.1, 0.15) is 0 Å². The molecule has 2 nitrogen and oxygen atoms in total. The molecule has 0 unspecified atom stereocenters. The smallest absolute Gasteiger partial charge is 0.307 e. The molecule has 2 rings (SSSR count). The molecule has 0 bridgehead atoms. The van der Waals surface area contributed by atoms with Gasteiger partial charge in [0.05, 0.1) is 6.42 Å². The summed E-state index contributed by atoms with van der Waals surface area (Å²) in [5.41, 5.74) is 2.82. The monoisotopic (exact) mass is 290 g/mol. The van der Waals surface area contributed by atoms with Crippen LogP contribution in [0.2, 0.25) is 0 Å². The Morgan fingerprint density at radius 3 is 2.47 bits per heavy atom. The minimum atomic E-state index is -0.815. The van der Waals surface area contributed by atoms with Crippen molar-refractivity contribution < 1.29 is 9.90 Å². The number of carboxylic acid groups (broad SMARTS) is 1. The lowest BCUT2D eigenvalue weighted by molar-refractivity contribution is -0.136. The Balaban J connectivity index is 2.51. The highest BCUT2D eigenvalue weighted by Gasteiger charge is 2.08. The summed E-state index contributed by atoms with van der Waals surface area (Å²) in [6.45, 7) is 0. The third kappa shape index (κ3) is 2.94. The summed E-state index contributed by atoms with van der Waals surface area (Å²) >= 11 is 3.41. The molecule has 17 heavy (non-hydrogen) atoms. The first kappa shape index (κ1) is 11.9. The van der Waals surface area contributed by atoms with E-state index in [0.29, 0.717) is 0 Å². The van der Waals surface area contributed by atoms with Crippen LogP contribution in [0.4, 0.5) is 0 Å². The lowest BCUT2D eigenvalue weighted by Gasteiger charge is -2.08. The highest BCUT2D eigenvalue weighted by atomic mass is 79.9. The van der Waals surface area contributed by atoms with Crippen LogP contribution in [0.25, 0.3) is 11.1 Å². The van der Waals surface area contributed by atoms with Gasteiger partial charge in [0.25, 0.3) is 0 Å². The molecule has 3 heteroatoms. The quantitative estimate of drug-likeness (QED) is 0.935. The summed E-state index contributed by atoms with van der Waals surface area (Å²) in [5.74, 6) is -0.815. The Kier molecular flexibility index (Phi) is 3.59. The van der Waals surface area contributed by atoms with Crippen LogP contribution >= 0.6 is 15.9 Å². The summed E-state index contributed by atoms with van der Waals surface area (Å²) in [4.78, 5) is 10.8. The summed E-state index contributed by atoms with van der Waals surface area (Å²) in [7, 11) is 0. The first-order valence-electron chi connectivity index (χ1n) is 5.22. The largest absolute Gasteiger partial charge is 0.481 e. The highest BCUT2D eigenvalue weighted by molar-refractivity contribution is 9.10. The van der Waals surface area contributed by atoms with Crippen molar-refractivity contribution in [3.63, 3.8) is 0 Å². The molecule has 0 aromatic heterocycles. The number of hydrogen-bond donors (Lipinski definition) is 1. The second-order valence-electron chi connectivity index (χ2n) is 3.74. The van der Waals surface area contributed by atoms with Crippen LogP contribution in [0.15, 0.2) is 53.0 Å². The van der Waals surface area contributed by atoms with E-state index in [2.05, 4.69) is 15.9 Å². The molecule has 2 aromatic carbocycles. The van der Waals surface area contributed by atoms with Gasteiger partial charge in [-0.2, -0.15) is 0 Å². The lowest BCUT2D eigenvalue weighted by atomic mass is 9.98. The minimum Gasteiger partial charge on any atom is -0.481 e. The summed E-state index contributed by atoms with van der Waals surface area (Å²) in [6.07, 6.45) is 0.0392.